The molecule has 1 aliphatic carbocycles. The molecule has 1 aliphatic heterocycles. The van der Waals surface area contributed by atoms with Gasteiger partial charge in [-0.1, -0.05) is 50.3 Å². The lowest BCUT2D eigenvalue weighted by Crippen LogP contribution is -2.40. The average Bonchev–Trinajstić information content (AvgIpc) is 2.88. The van der Waals surface area contributed by atoms with Crippen LogP contribution in [0.2, 0.25) is 0 Å². The highest BCUT2D eigenvalue weighted by Crippen LogP contribution is 2.28. The average molecular weight is 300 g/mol. The summed E-state index contributed by atoms with van der Waals surface area (Å²) < 4.78 is 0. The minimum absolute atomic E-state index is 0.207. The zero-order valence-electron chi connectivity index (χ0n) is 13.4. The number of ketones is 1. The summed E-state index contributed by atoms with van der Waals surface area (Å²) in [5.74, 6) is 0.513. The van der Waals surface area contributed by atoms with Crippen LogP contribution in [0, 0.1) is 5.92 Å². The summed E-state index contributed by atoms with van der Waals surface area (Å²) in [4.78, 5) is 12.7. The predicted octanol–water partition coefficient (Wildman–Crippen LogP) is 3.67. The van der Waals surface area contributed by atoms with Crippen LogP contribution in [0.25, 0.3) is 0 Å². The fraction of sp³-hybridized carbons (Fsp3) is 0.632. The largest absolute Gasteiger partial charge is 0.382 e. The number of para-hydroxylation sites is 1. The summed E-state index contributed by atoms with van der Waals surface area (Å²) in [6.45, 7) is 0. The lowest BCUT2D eigenvalue weighted by Gasteiger charge is -2.23. The van der Waals surface area contributed by atoms with Crippen molar-refractivity contribution >= 4 is 11.5 Å². The molecule has 3 N–H and O–H groups in total. The van der Waals surface area contributed by atoms with Crippen LogP contribution in [0.15, 0.2) is 24.3 Å². The van der Waals surface area contributed by atoms with Gasteiger partial charge in [-0.2, -0.15) is 0 Å². The molecule has 0 amide bonds. The van der Waals surface area contributed by atoms with E-state index in [9.17, 15) is 4.79 Å². The first kappa shape index (κ1) is 15.5. The third-order valence-electron chi connectivity index (χ3n) is 5.25. The molecule has 1 aromatic rings. The molecule has 3 nitrogen and oxygen atoms in total. The molecule has 0 aromatic heterocycles. The van der Waals surface area contributed by atoms with Gasteiger partial charge in [-0.3, -0.25) is 4.79 Å². The van der Waals surface area contributed by atoms with E-state index >= 15 is 0 Å². The van der Waals surface area contributed by atoms with Gasteiger partial charge >= 0.3 is 0 Å². The molecular formula is C19H28N2O. The van der Waals surface area contributed by atoms with Gasteiger partial charge in [0.25, 0.3) is 0 Å². The van der Waals surface area contributed by atoms with Gasteiger partial charge in [0, 0.05) is 17.6 Å². The summed E-state index contributed by atoms with van der Waals surface area (Å²) >= 11 is 0. The molecule has 2 atom stereocenters. The van der Waals surface area contributed by atoms with Crippen molar-refractivity contribution in [2.24, 2.45) is 11.7 Å². The van der Waals surface area contributed by atoms with Crippen molar-refractivity contribution in [1.82, 2.24) is 0 Å². The number of carbonyl (C=O) groups excluding carboxylic acids is 1. The Morgan fingerprint density at radius 1 is 1.14 bits per heavy atom. The Bertz CT molecular complexity index is 481. The number of hydrogen-bond donors (Lipinski definition) is 2. The van der Waals surface area contributed by atoms with Crippen molar-refractivity contribution in [2.45, 2.75) is 69.9 Å². The fourth-order valence-electron chi connectivity index (χ4n) is 3.98. The van der Waals surface area contributed by atoms with Crippen LogP contribution in [0.1, 0.15) is 56.9 Å². The summed E-state index contributed by atoms with van der Waals surface area (Å²) in [7, 11) is 0. The van der Waals surface area contributed by atoms with E-state index < -0.39 is 0 Å². The highest BCUT2D eigenvalue weighted by atomic mass is 16.1. The predicted molar refractivity (Wildman–Crippen MR) is 91.0 cm³/mol. The van der Waals surface area contributed by atoms with Crippen molar-refractivity contribution in [3.05, 3.63) is 29.8 Å². The van der Waals surface area contributed by atoms with E-state index in [-0.39, 0.29) is 12.0 Å². The zero-order chi connectivity index (χ0) is 15.4. The number of nitrogens with one attached hydrogen (secondary N) is 1. The molecule has 22 heavy (non-hydrogen) atoms. The summed E-state index contributed by atoms with van der Waals surface area (Å²) in [6.07, 6.45) is 10.1. The molecule has 1 fully saturated rings. The molecule has 120 valence electrons. The highest BCUT2D eigenvalue weighted by molar-refractivity contribution is 5.86. The van der Waals surface area contributed by atoms with Crippen molar-refractivity contribution in [2.75, 3.05) is 5.32 Å². The van der Waals surface area contributed by atoms with E-state index in [1.165, 1.54) is 43.4 Å². The number of Topliss-reactive ketones (excluding diaryl/α,β-unsaturated/α-hetero) is 1. The van der Waals surface area contributed by atoms with Crippen molar-refractivity contribution in [3.63, 3.8) is 0 Å². The molecular weight excluding hydrogens is 272 g/mol. The number of benzene rings is 1. The molecule has 2 aliphatic rings. The maximum atomic E-state index is 12.7. The van der Waals surface area contributed by atoms with Crippen LogP contribution in [-0.2, 0) is 11.2 Å². The second kappa shape index (κ2) is 7.28. The van der Waals surface area contributed by atoms with Crippen molar-refractivity contribution < 1.29 is 4.79 Å². The first-order chi connectivity index (χ1) is 10.7. The Morgan fingerprint density at radius 2 is 1.82 bits per heavy atom. The number of nitrogens with two attached hydrogens (primary N) is 1. The summed E-state index contributed by atoms with van der Waals surface area (Å²) in [5, 5.41) is 3.51. The van der Waals surface area contributed by atoms with Gasteiger partial charge in [-0.25, -0.2) is 0 Å². The number of fused-ring (bicyclic) bond motifs is 1. The zero-order valence-corrected chi connectivity index (χ0v) is 13.4. The van der Waals surface area contributed by atoms with Crippen LogP contribution >= 0.6 is 0 Å². The monoisotopic (exact) mass is 300 g/mol. The minimum atomic E-state index is -0.309. The van der Waals surface area contributed by atoms with E-state index in [1.54, 1.807) is 0 Å². The molecule has 1 heterocycles. The Morgan fingerprint density at radius 3 is 2.55 bits per heavy atom. The van der Waals surface area contributed by atoms with Crippen molar-refractivity contribution in [3.8, 4) is 0 Å². The molecule has 1 saturated carbocycles. The number of hydrogen-bond acceptors (Lipinski definition) is 3. The lowest BCUT2D eigenvalue weighted by molar-refractivity contribution is -0.125. The van der Waals surface area contributed by atoms with E-state index in [0.717, 1.165) is 25.7 Å². The molecule has 0 radical (unpaired) electrons. The van der Waals surface area contributed by atoms with E-state index in [0.29, 0.717) is 11.8 Å². The maximum Gasteiger partial charge on any atom is 0.152 e. The van der Waals surface area contributed by atoms with E-state index in [2.05, 4.69) is 23.5 Å². The first-order valence-corrected chi connectivity index (χ1v) is 8.88. The topological polar surface area (TPSA) is 55.1 Å². The van der Waals surface area contributed by atoms with Crippen LogP contribution in [0.4, 0.5) is 5.69 Å². The van der Waals surface area contributed by atoms with Crippen LogP contribution in [-0.4, -0.2) is 17.9 Å². The SMILES string of the molecule is NC(CC1Cc2ccccc2N1)C(=O)C1CCCCCCC1. The number of carbonyl (C=O) groups is 1. The molecule has 0 saturated heterocycles. The van der Waals surface area contributed by atoms with Gasteiger partial charge in [-0.05, 0) is 37.3 Å². The maximum absolute atomic E-state index is 12.7. The third-order valence-corrected chi connectivity index (χ3v) is 5.25. The number of rotatable bonds is 4. The van der Waals surface area contributed by atoms with Gasteiger partial charge in [0.05, 0.1) is 6.04 Å². The second-order valence-corrected chi connectivity index (χ2v) is 6.99. The Labute approximate surface area is 133 Å². The van der Waals surface area contributed by atoms with Crippen LogP contribution < -0.4 is 11.1 Å². The molecule has 3 rings (SSSR count). The third kappa shape index (κ3) is 3.70. The Balaban J connectivity index is 1.53. The Kier molecular flexibility index (Phi) is 5.14. The van der Waals surface area contributed by atoms with Crippen LogP contribution in [0.3, 0.4) is 0 Å². The quantitative estimate of drug-likeness (QED) is 0.892. The van der Waals surface area contributed by atoms with Crippen LogP contribution in [0.5, 0.6) is 0 Å². The lowest BCUT2D eigenvalue weighted by atomic mass is 9.84. The molecule has 2 unspecified atom stereocenters. The number of anilines is 1. The van der Waals surface area contributed by atoms with Crippen molar-refractivity contribution in [1.29, 1.82) is 0 Å². The van der Waals surface area contributed by atoms with Gasteiger partial charge in [-0.15, -0.1) is 0 Å². The first-order valence-electron chi connectivity index (χ1n) is 8.88. The summed E-state index contributed by atoms with van der Waals surface area (Å²) in [6, 6.07) is 8.39. The van der Waals surface area contributed by atoms with Gasteiger partial charge < -0.3 is 11.1 Å². The molecule has 0 spiro atoms. The molecule has 3 heteroatoms. The van der Waals surface area contributed by atoms with Gasteiger partial charge in [0.15, 0.2) is 5.78 Å². The molecule has 0 bridgehead atoms. The summed E-state index contributed by atoms with van der Waals surface area (Å²) in [5.41, 5.74) is 8.82. The van der Waals surface area contributed by atoms with Gasteiger partial charge in [0.1, 0.15) is 0 Å². The standard InChI is InChI=1S/C19H28N2O/c20-17(19(22)14-8-4-2-1-3-5-9-14)13-16-12-15-10-6-7-11-18(15)21-16/h6-7,10-11,14,16-17,21H,1-5,8-9,12-13,20H2. The Hall–Kier alpha value is -1.35. The van der Waals surface area contributed by atoms with E-state index in [1.807, 2.05) is 6.07 Å². The molecule has 1 aromatic carbocycles. The van der Waals surface area contributed by atoms with E-state index in [4.69, 9.17) is 5.73 Å². The van der Waals surface area contributed by atoms with Gasteiger partial charge in [0.2, 0.25) is 0 Å². The highest BCUT2D eigenvalue weighted by Gasteiger charge is 2.29. The fourth-order valence-corrected chi connectivity index (χ4v) is 3.98. The smallest absolute Gasteiger partial charge is 0.152 e. The normalized spacial score (nSPS) is 24.0. The second-order valence-electron chi connectivity index (χ2n) is 6.99. The minimum Gasteiger partial charge on any atom is -0.382 e.